The van der Waals surface area contributed by atoms with Gasteiger partial charge < -0.3 is 5.73 Å². The largest absolute Gasteiger partial charge is 0.399 e. The Labute approximate surface area is 95.5 Å². The predicted octanol–water partition coefficient (Wildman–Crippen LogP) is 2.89. The van der Waals surface area contributed by atoms with Crippen LogP contribution < -0.4 is 5.73 Å². The first kappa shape index (κ1) is 10.4. The molecule has 2 heteroatoms. The van der Waals surface area contributed by atoms with Crippen molar-refractivity contribution in [1.29, 1.82) is 0 Å². The topological polar surface area (TPSA) is 38.4 Å². The van der Waals surface area contributed by atoms with E-state index >= 15 is 0 Å². The number of hydrogen-bond donors (Lipinski definition) is 1. The van der Waals surface area contributed by atoms with Crippen LogP contribution in [0.1, 0.15) is 11.1 Å². The van der Waals surface area contributed by atoms with Crippen LogP contribution in [0.5, 0.6) is 0 Å². The minimum absolute atomic E-state index is 0.714. The van der Waals surface area contributed by atoms with Gasteiger partial charge in [0.1, 0.15) is 0 Å². The highest BCUT2D eigenvalue weighted by atomic mass is 14.7. The van der Waals surface area contributed by atoms with Crippen molar-refractivity contribution in [2.24, 2.45) is 4.99 Å². The minimum atomic E-state index is 0.714. The van der Waals surface area contributed by atoms with Gasteiger partial charge in [-0.2, -0.15) is 0 Å². The predicted molar refractivity (Wildman–Crippen MR) is 68.6 cm³/mol. The zero-order valence-corrected chi connectivity index (χ0v) is 9.01. The van der Waals surface area contributed by atoms with E-state index in [4.69, 9.17) is 5.73 Å². The lowest BCUT2D eigenvalue weighted by Gasteiger charge is -1.96. The average Bonchev–Trinajstić information content (AvgIpc) is 2.33. The van der Waals surface area contributed by atoms with E-state index in [-0.39, 0.29) is 0 Å². The summed E-state index contributed by atoms with van der Waals surface area (Å²) in [5, 5.41) is 0. The monoisotopic (exact) mass is 210 g/mol. The molecule has 16 heavy (non-hydrogen) atoms. The van der Waals surface area contributed by atoms with Crippen LogP contribution in [-0.2, 0) is 6.54 Å². The molecule has 2 N–H and O–H groups in total. The molecule has 0 heterocycles. The maximum Gasteiger partial charge on any atom is 0.0639 e. The van der Waals surface area contributed by atoms with Crippen LogP contribution in [0.3, 0.4) is 0 Å². The third-order valence-electron chi connectivity index (χ3n) is 2.29. The molecule has 0 fully saturated rings. The Balaban J connectivity index is 1.98. The van der Waals surface area contributed by atoms with Gasteiger partial charge in [-0.1, -0.05) is 42.5 Å². The number of benzene rings is 2. The summed E-state index contributed by atoms with van der Waals surface area (Å²) in [6.45, 7) is 0.714. The normalized spacial score (nSPS) is 10.8. The zero-order valence-electron chi connectivity index (χ0n) is 9.01. The molecule has 2 aromatic carbocycles. The van der Waals surface area contributed by atoms with Gasteiger partial charge in [-0.15, -0.1) is 0 Å². The summed E-state index contributed by atoms with van der Waals surface area (Å²) in [7, 11) is 0. The van der Waals surface area contributed by atoms with Crippen molar-refractivity contribution in [2.45, 2.75) is 6.54 Å². The van der Waals surface area contributed by atoms with E-state index in [2.05, 4.69) is 17.1 Å². The number of nitrogens with zero attached hydrogens (tertiary/aromatic N) is 1. The zero-order chi connectivity index (χ0) is 11.2. The van der Waals surface area contributed by atoms with Crippen LogP contribution in [-0.4, -0.2) is 6.21 Å². The first-order valence-electron chi connectivity index (χ1n) is 5.24. The van der Waals surface area contributed by atoms with Gasteiger partial charge in [-0.05, 0) is 23.3 Å². The van der Waals surface area contributed by atoms with Crippen LogP contribution in [0, 0.1) is 0 Å². The highest BCUT2D eigenvalue weighted by molar-refractivity contribution is 5.80. The fraction of sp³-hybridized carbons (Fsp3) is 0.0714. The van der Waals surface area contributed by atoms with E-state index in [0.29, 0.717) is 6.54 Å². The van der Waals surface area contributed by atoms with Crippen LogP contribution in [0.4, 0.5) is 5.69 Å². The third kappa shape index (κ3) is 2.95. The molecule has 2 nitrogen and oxygen atoms in total. The van der Waals surface area contributed by atoms with E-state index in [1.807, 2.05) is 48.7 Å². The molecule has 0 aliphatic rings. The van der Waals surface area contributed by atoms with Crippen molar-refractivity contribution in [1.82, 2.24) is 0 Å². The fourth-order valence-electron chi connectivity index (χ4n) is 1.42. The van der Waals surface area contributed by atoms with Crippen LogP contribution in [0.2, 0.25) is 0 Å². The number of aliphatic imine (C=N–C) groups is 1. The van der Waals surface area contributed by atoms with Crippen molar-refractivity contribution in [3.8, 4) is 0 Å². The van der Waals surface area contributed by atoms with Gasteiger partial charge >= 0.3 is 0 Å². The summed E-state index contributed by atoms with van der Waals surface area (Å²) in [6.07, 6.45) is 1.87. The Morgan fingerprint density at radius 1 is 0.938 bits per heavy atom. The molecule has 0 amide bonds. The molecule has 2 aromatic rings. The highest BCUT2D eigenvalue weighted by Gasteiger charge is 1.89. The highest BCUT2D eigenvalue weighted by Crippen LogP contribution is 2.04. The average molecular weight is 210 g/mol. The molecule has 0 atom stereocenters. The van der Waals surface area contributed by atoms with Gasteiger partial charge in [0, 0.05) is 11.9 Å². The van der Waals surface area contributed by atoms with Crippen molar-refractivity contribution < 1.29 is 0 Å². The van der Waals surface area contributed by atoms with Crippen molar-refractivity contribution in [3.05, 3.63) is 65.7 Å². The van der Waals surface area contributed by atoms with Gasteiger partial charge in [-0.25, -0.2) is 0 Å². The maximum absolute atomic E-state index is 5.60. The second-order valence-electron chi connectivity index (χ2n) is 3.62. The minimum Gasteiger partial charge on any atom is -0.399 e. The number of hydrogen-bond acceptors (Lipinski definition) is 2. The molecular weight excluding hydrogens is 196 g/mol. The number of nitrogens with two attached hydrogens (primary N) is 1. The SMILES string of the molecule is Nc1ccc(C=NCc2ccccc2)cc1. The molecule has 0 aromatic heterocycles. The quantitative estimate of drug-likeness (QED) is 0.614. The van der Waals surface area contributed by atoms with Crippen molar-refractivity contribution in [3.63, 3.8) is 0 Å². The lowest BCUT2D eigenvalue weighted by atomic mass is 10.2. The lowest BCUT2D eigenvalue weighted by molar-refractivity contribution is 1.08. The van der Waals surface area contributed by atoms with E-state index < -0.39 is 0 Å². The molecule has 0 radical (unpaired) electrons. The molecule has 80 valence electrons. The molecule has 0 saturated carbocycles. The lowest BCUT2D eigenvalue weighted by Crippen LogP contribution is -1.87. The third-order valence-corrected chi connectivity index (χ3v) is 2.29. The van der Waals surface area contributed by atoms with Gasteiger partial charge in [0.15, 0.2) is 0 Å². The molecule has 2 rings (SSSR count). The molecule has 0 aliphatic carbocycles. The van der Waals surface area contributed by atoms with Crippen LogP contribution in [0.15, 0.2) is 59.6 Å². The summed E-state index contributed by atoms with van der Waals surface area (Å²) < 4.78 is 0. The van der Waals surface area contributed by atoms with Gasteiger partial charge in [0.05, 0.1) is 6.54 Å². The molecule has 0 bridgehead atoms. The summed E-state index contributed by atoms with van der Waals surface area (Å²) >= 11 is 0. The number of nitrogen functional groups attached to an aromatic ring is 1. The van der Waals surface area contributed by atoms with Gasteiger partial charge in [-0.3, -0.25) is 4.99 Å². The summed E-state index contributed by atoms with van der Waals surface area (Å²) in [5.74, 6) is 0. The van der Waals surface area contributed by atoms with Gasteiger partial charge in [0.25, 0.3) is 0 Å². The van der Waals surface area contributed by atoms with Crippen molar-refractivity contribution in [2.75, 3.05) is 5.73 Å². The molecule has 0 spiro atoms. The Bertz CT molecular complexity index is 458. The second-order valence-corrected chi connectivity index (χ2v) is 3.62. The maximum atomic E-state index is 5.60. The molecular formula is C14H14N2. The first-order valence-corrected chi connectivity index (χ1v) is 5.24. The first-order chi connectivity index (χ1) is 7.84. The number of rotatable bonds is 3. The number of anilines is 1. The standard InChI is InChI=1S/C14H14N2/c15-14-8-6-13(7-9-14)11-16-10-12-4-2-1-3-5-12/h1-9,11H,10,15H2. The Morgan fingerprint density at radius 3 is 2.31 bits per heavy atom. The summed E-state index contributed by atoms with van der Waals surface area (Å²) in [4.78, 5) is 4.38. The van der Waals surface area contributed by atoms with E-state index in [1.54, 1.807) is 0 Å². The summed E-state index contributed by atoms with van der Waals surface area (Å²) in [6, 6.07) is 17.9. The van der Waals surface area contributed by atoms with E-state index in [0.717, 1.165) is 11.3 Å². The Hall–Kier alpha value is -2.09. The second kappa shape index (κ2) is 5.12. The van der Waals surface area contributed by atoms with Crippen LogP contribution >= 0.6 is 0 Å². The van der Waals surface area contributed by atoms with Crippen molar-refractivity contribution >= 4 is 11.9 Å². The molecule has 0 unspecified atom stereocenters. The fourth-order valence-corrected chi connectivity index (χ4v) is 1.42. The van der Waals surface area contributed by atoms with Gasteiger partial charge in [0.2, 0.25) is 0 Å². The Kier molecular flexibility index (Phi) is 3.34. The molecule has 0 saturated heterocycles. The van der Waals surface area contributed by atoms with E-state index in [9.17, 15) is 0 Å². The van der Waals surface area contributed by atoms with Crippen LogP contribution in [0.25, 0.3) is 0 Å². The smallest absolute Gasteiger partial charge is 0.0639 e. The molecule has 0 aliphatic heterocycles. The van der Waals surface area contributed by atoms with E-state index in [1.165, 1.54) is 5.56 Å². The Morgan fingerprint density at radius 2 is 1.62 bits per heavy atom. The summed E-state index contributed by atoms with van der Waals surface area (Å²) in [5.41, 5.74) is 8.67.